The molecule has 7 heteroatoms. The number of rotatable bonds is 7. The lowest BCUT2D eigenvalue weighted by Crippen LogP contribution is -2.55. The number of hydrogen-bond acceptors (Lipinski definition) is 4. The summed E-state index contributed by atoms with van der Waals surface area (Å²) >= 11 is 0. The molecule has 192 valence electrons. The molecule has 0 radical (unpaired) electrons. The number of nitrogens with one attached hydrogen (secondary N) is 1. The fraction of sp³-hybridized carbons (Fsp3) is 0.517. The number of carbonyl (C=O) groups excluding carboxylic acids is 2. The summed E-state index contributed by atoms with van der Waals surface area (Å²) in [7, 11) is 1.00. The molecule has 2 aliphatic heterocycles. The molecule has 1 aliphatic carbocycles. The lowest BCUT2D eigenvalue weighted by Gasteiger charge is -2.42. The van der Waals surface area contributed by atoms with Crippen LogP contribution in [-0.4, -0.2) is 42.2 Å². The molecule has 6 nitrogen and oxygen atoms in total. The second-order valence-corrected chi connectivity index (χ2v) is 11.5. The Hall–Kier alpha value is -2.64. The summed E-state index contributed by atoms with van der Waals surface area (Å²) in [5, 5.41) is 3.16. The largest absolute Gasteiger partial charge is 0.494 e. The first-order valence-corrected chi connectivity index (χ1v) is 12.8. The van der Waals surface area contributed by atoms with E-state index in [4.69, 9.17) is 9.31 Å². The minimum absolute atomic E-state index is 0.205. The van der Waals surface area contributed by atoms with Gasteiger partial charge in [0.05, 0.1) is 11.2 Å². The lowest BCUT2D eigenvalue weighted by molar-refractivity contribution is -0.135. The highest BCUT2D eigenvalue weighted by Crippen LogP contribution is 2.57. The average molecular weight is 490 g/mol. The second kappa shape index (κ2) is 8.74. The molecular formula is C29H39BN2O4. The Morgan fingerprint density at radius 1 is 1.14 bits per heavy atom. The van der Waals surface area contributed by atoms with Crippen LogP contribution in [0.1, 0.15) is 71.9 Å². The smallest absolute Gasteiger partial charge is 0.399 e. The number of imide groups is 1. The summed E-state index contributed by atoms with van der Waals surface area (Å²) in [4.78, 5) is 28.1. The number of nitrogens with zero attached hydrogens (tertiary/aromatic N) is 1. The summed E-state index contributed by atoms with van der Waals surface area (Å²) in [6.07, 6.45) is 6.58. The summed E-state index contributed by atoms with van der Waals surface area (Å²) < 4.78 is 12.6. The van der Waals surface area contributed by atoms with Gasteiger partial charge in [0.1, 0.15) is 0 Å². The number of benzene rings is 1. The Morgan fingerprint density at radius 3 is 2.28 bits per heavy atom. The van der Waals surface area contributed by atoms with E-state index in [2.05, 4.69) is 31.5 Å². The van der Waals surface area contributed by atoms with Gasteiger partial charge in [-0.3, -0.25) is 9.69 Å². The predicted octanol–water partition coefficient (Wildman–Crippen LogP) is 4.78. The van der Waals surface area contributed by atoms with E-state index in [1.807, 2.05) is 58.9 Å². The average Bonchev–Trinajstić information content (AvgIpc) is 3.34. The van der Waals surface area contributed by atoms with E-state index in [1.54, 1.807) is 7.05 Å². The van der Waals surface area contributed by atoms with Gasteiger partial charge in [0.2, 0.25) is 0 Å². The lowest BCUT2D eigenvalue weighted by atomic mass is 9.64. The minimum Gasteiger partial charge on any atom is -0.399 e. The fourth-order valence-electron chi connectivity index (χ4n) is 6.00. The maximum absolute atomic E-state index is 14.0. The number of urea groups is 1. The summed E-state index contributed by atoms with van der Waals surface area (Å²) in [6.45, 7) is 20.1. The van der Waals surface area contributed by atoms with Crippen LogP contribution < -0.4 is 10.8 Å². The van der Waals surface area contributed by atoms with Gasteiger partial charge in [-0.2, -0.15) is 0 Å². The molecule has 0 bridgehead atoms. The third-order valence-electron chi connectivity index (χ3n) is 9.22. The molecule has 2 fully saturated rings. The predicted molar refractivity (Wildman–Crippen MR) is 144 cm³/mol. The zero-order valence-corrected chi connectivity index (χ0v) is 22.8. The molecule has 1 N–H and O–H groups in total. The molecular weight excluding hydrogens is 451 g/mol. The third kappa shape index (κ3) is 3.62. The molecule has 3 aliphatic rings. The molecule has 2 saturated heterocycles. The Balaban J connectivity index is 1.82. The van der Waals surface area contributed by atoms with Crippen molar-refractivity contribution in [3.8, 4) is 0 Å². The maximum Gasteiger partial charge on any atom is 0.494 e. The van der Waals surface area contributed by atoms with Crippen molar-refractivity contribution >= 4 is 24.5 Å². The van der Waals surface area contributed by atoms with E-state index in [0.29, 0.717) is 6.42 Å². The van der Waals surface area contributed by atoms with Crippen LogP contribution in [0.4, 0.5) is 4.79 Å². The van der Waals surface area contributed by atoms with Gasteiger partial charge in [0.25, 0.3) is 5.91 Å². The number of fused-ring (bicyclic) bond motifs is 2. The van der Waals surface area contributed by atoms with Gasteiger partial charge >= 0.3 is 13.1 Å². The van der Waals surface area contributed by atoms with Gasteiger partial charge in [-0.15, -0.1) is 0 Å². The van der Waals surface area contributed by atoms with Crippen LogP contribution in [-0.2, 0) is 26.1 Å². The van der Waals surface area contributed by atoms with Gasteiger partial charge in [0.15, 0.2) is 5.54 Å². The quantitative estimate of drug-likeness (QED) is 0.339. The van der Waals surface area contributed by atoms with Crippen molar-refractivity contribution in [3.63, 3.8) is 0 Å². The van der Waals surface area contributed by atoms with Crippen LogP contribution >= 0.6 is 0 Å². The standard InChI is InChI=1S/C29H39BN2O4/c1-10-19(4)20(11-2)15-16-28(12-3)18-21-13-14-22(30-35-26(5,6)27(7,8)36-30)17-23(21)29(28)24(33)32(9)25(34)31-29/h10-11,13-14,17H,1-2,12,15-16,18H2,3-9H3,(H,31,34)/b20-19+. The molecule has 2 heterocycles. The molecule has 0 saturated carbocycles. The Bertz CT molecular complexity index is 1150. The highest BCUT2D eigenvalue weighted by atomic mass is 16.7. The van der Waals surface area contributed by atoms with Crippen molar-refractivity contribution in [2.24, 2.45) is 5.41 Å². The van der Waals surface area contributed by atoms with Crippen LogP contribution in [0.15, 0.2) is 54.7 Å². The zero-order chi connectivity index (χ0) is 26.7. The van der Waals surface area contributed by atoms with Crippen molar-refractivity contribution in [1.29, 1.82) is 0 Å². The Kier molecular flexibility index (Phi) is 6.41. The molecule has 2 atom stereocenters. The number of carbonyl (C=O) groups is 2. The topological polar surface area (TPSA) is 67.9 Å². The SMILES string of the molecule is C=C/C(C)=C(\C=C)CCC1(CC)Cc2ccc(B3OC(C)(C)C(C)(C)O3)cc2C12NC(=O)N(C)C2=O. The van der Waals surface area contributed by atoms with Crippen LogP contribution in [0.25, 0.3) is 0 Å². The molecule has 4 rings (SSSR count). The maximum atomic E-state index is 14.0. The van der Waals surface area contributed by atoms with Crippen molar-refractivity contribution in [3.05, 3.63) is 65.8 Å². The van der Waals surface area contributed by atoms with Crippen LogP contribution in [0.5, 0.6) is 0 Å². The number of hydrogen-bond donors (Lipinski definition) is 1. The van der Waals surface area contributed by atoms with Gasteiger partial charge in [-0.25, -0.2) is 4.79 Å². The van der Waals surface area contributed by atoms with Crippen LogP contribution in [0, 0.1) is 5.41 Å². The summed E-state index contributed by atoms with van der Waals surface area (Å²) in [6, 6.07) is 5.76. The number of allylic oxidation sites excluding steroid dienone is 4. The molecule has 0 aromatic heterocycles. The molecule has 1 spiro atoms. The first kappa shape index (κ1) is 26.4. The fourth-order valence-corrected chi connectivity index (χ4v) is 6.00. The van der Waals surface area contributed by atoms with Gasteiger partial charge in [0, 0.05) is 12.5 Å². The van der Waals surface area contributed by atoms with Crippen molar-refractivity contribution in [1.82, 2.24) is 10.2 Å². The van der Waals surface area contributed by atoms with Gasteiger partial charge < -0.3 is 14.6 Å². The van der Waals surface area contributed by atoms with Crippen LogP contribution in [0.2, 0.25) is 0 Å². The Labute approximate surface area is 215 Å². The molecule has 1 aromatic rings. The van der Waals surface area contributed by atoms with Crippen molar-refractivity contribution < 1.29 is 18.9 Å². The Morgan fingerprint density at radius 2 is 1.78 bits per heavy atom. The summed E-state index contributed by atoms with van der Waals surface area (Å²) in [5.41, 5.74) is 2.37. The zero-order valence-electron chi connectivity index (χ0n) is 22.8. The van der Waals surface area contributed by atoms with E-state index in [0.717, 1.165) is 47.0 Å². The second-order valence-electron chi connectivity index (χ2n) is 11.5. The first-order chi connectivity index (χ1) is 16.8. The number of likely N-dealkylation sites (N-methyl/N-ethyl adjacent to an activating group) is 1. The van der Waals surface area contributed by atoms with E-state index in [-0.39, 0.29) is 11.9 Å². The number of amides is 3. The van der Waals surface area contributed by atoms with E-state index < -0.39 is 29.3 Å². The molecule has 2 unspecified atom stereocenters. The monoisotopic (exact) mass is 490 g/mol. The first-order valence-electron chi connectivity index (χ1n) is 12.8. The van der Waals surface area contributed by atoms with E-state index >= 15 is 0 Å². The van der Waals surface area contributed by atoms with Gasteiger partial charge in [-0.1, -0.05) is 50.4 Å². The van der Waals surface area contributed by atoms with Crippen molar-refractivity contribution in [2.75, 3.05) is 7.05 Å². The minimum atomic E-state index is -1.14. The molecule has 1 aromatic carbocycles. The third-order valence-corrected chi connectivity index (χ3v) is 9.22. The normalized spacial score (nSPS) is 28.9. The van der Waals surface area contributed by atoms with E-state index in [9.17, 15) is 9.59 Å². The van der Waals surface area contributed by atoms with Crippen LogP contribution in [0.3, 0.4) is 0 Å². The molecule has 3 amide bonds. The van der Waals surface area contributed by atoms with Crippen molar-refractivity contribution in [2.45, 2.75) is 84.0 Å². The molecule has 36 heavy (non-hydrogen) atoms. The van der Waals surface area contributed by atoms with Gasteiger partial charge in [-0.05, 0) is 88.0 Å². The highest BCUT2D eigenvalue weighted by molar-refractivity contribution is 6.62. The summed E-state index contributed by atoms with van der Waals surface area (Å²) in [5.74, 6) is -0.205. The highest BCUT2D eigenvalue weighted by Gasteiger charge is 2.66. The van der Waals surface area contributed by atoms with E-state index in [1.165, 1.54) is 4.90 Å².